The number of benzene rings is 1. The van der Waals surface area contributed by atoms with Crippen molar-refractivity contribution >= 4 is 5.69 Å². The van der Waals surface area contributed by atoms with Crippen LogP contribution in [-0.4, -0.2) is 20.2 Å². The van der Waals surface area contributed by atoms with E-state index in [4.69, 9.17) is 10.00 Å². The zero-order chi connectivity index (χ0) is 12.7. The Morgan fingerprint density at radius 1 is 1.35 bits per heavy atom. The van der Waals surface area contributed by atoms with Gasteiger partial charge in [0.1, 0.15) is 11.8 Å². The van der Waals surface area contributed by atoms with Gasteiger partial charge in [0.2, 0.25) is 0 Å². The molecule has 3 nitrogen and oxygen atoms in total. The van der Waals surface area contributed by atoms with Crippen LogP contribution in [0.15, 0.2) is 18.2 Å². The summed E-state index contributed by atoms with van der Waals surface area (Å²) in [4.78, 5) is 2.23. The van der Waals surface area contributed by atoms with E-state index in [-0.39, 0.29) is 0 Å². The van der Waals surface area contributed by atoms with Crippen molar-refractivity contribution in [2.75, 3.05) is 25.1 Å². The normalized spacial score (nSPS) is 9.76. The number of rotatable bonds is 6. The van der Waals surface area contributed by atoms with E-state index in [0.717, 1.165) is 37.4 Å². The predicted molar refractivity (Wildman–Crippen MR) is 70.5 cm³/mol. The van der Waals surface area contributed by atoms with E-state index in [0.29, 0.717) is 5.56 Å². The molecule has 0 amide bonds. The van der Waals surface area contributed by atoms with Crippen LogP contribution in [0.5, 0.6) is 5.75 Å². The Labute approximate surface area is 104 Å². The lowest BCUT2D eigenvalue weighted by atomic mass is 10.1. The summed E-state index contributed by atoms with van der Waals surface area (Å²) in [6.45, 7) is 6.16. The highest BCUT2D eigenvalue weighted by molar-refractivity contribution is 5.62. The first-order valence-electron chi connectivity index (χ1n) is 6.09. The lowest BCUT2D eigenvalue weighted by Crippen LogP contribution is -2.24. The van der Waals surface area contributed by atoms with Crippen molar-refractivity contribution in [1.29, 1.82) is 5.26 Å². The summed E-state index contributed by atoms with van der Waals surface area (Å²) in [6.07, 6.45) is 2.29. The summed E-state index contributed by atoms with van der Waals surface area (Å²) < 4.78 is 5.22. The summed E-state index contributed by atoms with van der Waals surface area (Å²) in [5, 5.41) is 9.13. The summed E-state index contributed by atoms with van der Waals surface area (Å²) >= 11 is 0. The fourth-order valence-corrected chi connectivity index (χ4v) is 1.79. The average Bonchev–Trinajstić information content (AvgIpc) is 2.39. The molecule has 0 N–H and O–H groups in total. The monoisotopic (exact) mass is 232 g/mol. The highest BCUT2D eigenvalue weighted by Gasteiger charge is 2.10. The zero-order valence-electron chi connectivity index (χ0n) is 10.9. The topological polar surface area (TPSA) is 36.3 Å². The van der Waals surface area contributed by atoms with Gasteiger partial charge in [0.15, 0.2) is 0 Å². The fourth-order valence-electron chi connectivity index (χ4n) is 1.79. The lowest BCUT2D eigenvalue weighted by Gasteiger charge is -2.24. The minimum Gasteiger partial charge on any atom is -0.497 e. The van der Waals surface area contributed by atoms with Gasteiger partial charge in [-0.3, -0.25) is 0 Å². The van der Waals surface area contributed by atoms with E-state index in [1.54, 1.807) is 7.11 Å². The third-order valence-corrected chi connectivity index (χ3v) is 2.83. The van der Waals surface area contributed by atoms with Gasteiger partial charge in [0.25, 0.3) is 0 Å². The van der Waals surface area contributed by atoms with Crippen molar-refractivity contribution in [3.05, 3.63) is 23.8 Å². The van der Waals surface area contributed by atoms with E-state index in [1.165, 1.54) is 0 Å². The molecule has 0 aliphatic heterocycles. The molecule has 0 fully saturated rings. The summed E-state index contributed by atoms with van der Waals surface area (Å²) in [5.74, 6) is 0.800. The highest BCUT2D eigenvalue weighted by atomic mass is 16.5. The SMILES string of the molecule is CCCCN(CC)c1cc(OC)ccc1C#N. The quantitative estimate of drug-likeness (QED) is 0.755. The number of nitriles is 1. The minimum absolute atomic E-state index is 0.712. The molecule has 1 aromatic rings. The van der Waals surface area contributed by atoms with Crippen LogP contribution in [-0.2, 0) is 0 Å². The van der Waals surface area contributed by atoms with Crippen LogP contribution in [0.25, 0.3) is 0 Å². The van der Waals surface area contributed by atoms with E-state index in [2.05, 4.69) is 24.8 Å². The smallest absolute Gasteiger partial charge is 0.121 e. The highest BCUT2D eigenvalue weighted by Crippen LogP contribution is 2.25. The van der Waals surface area contributed by atoms with E-state index in [9.17, 15) is 0 Å². The maximum Gasteiger partial charge on any atom is 0.121 e. The molecule has 0 radical (unpaired) electrons. The number of anilines is 1. The second kappa shape index (κ2) is 6.80. The molecule has 0 aromatic heterocycles. The summed E-state index contributed by atoms with van der Waals surface area (Å²) in [5.41, 5.74) is 1.69. The average molecular weight is 232 g/mol. The molecule has 0 aliphatic rings. The molecule has 0 saturated heterocycles. The van der Waals surface area contributed by atoms with Gasteiger partial charge in [0.05, 0.1) is 18.4 Å². The molecule has 0 unspecified atom stereocenters. The zero-order valence-corrected chi connectivity index (χ0v) is 10.9. The Morgan fingerprint density at radius 2 is 2.12 bits per heavy atom. The van der Waals surface area contributed by atoms with Gasteiger partial charge < -0.3 is 9.64 Å². The molecule has 3 heteroatoms. The van der Waals surface area contributed by atoms with Crippen molar-refractivity contribution in [2.45, 2.75) is 26.7 Å². The summed E-state index contributed by atoms with van der Waals surface area (Å²) in [6, 6.07) is 7.83. The standard InChI is InChI=1S/C14H20N2O/c1-4-6-9-16(5-2)14-10-13(17-3)8-7-12(14)11-15/h7-8,10H,4-6,9H2,1-3H3. The Kier molecular flexibility index (Phi) is 5.35. The van der Waals surface area contributed by atoms with Crippen LogP contribution in [0, 0.1) is 11.3 Å². The van der Waals surface area contributed by atoms with Crippen molar-refractivity contribution in [1.82, 2.24) is 0 Å². The molecule has 92 valence electrons. The van der Waals surface area contributed by atoms with Crippen LogP contribution in [0.2, 0.25) is 0 Å². The minimum atomic E-state index is 0.712. The Bertz CT molecular complexity index is 396. The van der Waals surface area contributed by atoms with E-state index >= 15 is 0 Å². The Morgan fingerprint density at radius 3 is 2.65 bits per heavy atom. The van der Waals surface area contributed by atoms with Crippen LogP contribution in [0.4, 0.5) is 5.69 Å². The largest absolute Gasteiger partial charge is 0.497 e. The van der Waals surface area contributed by atoms with Gasteiger partial charge in [-0.1, -0.05) is 13.3 Å². The molecular formula is C14H20N2O. The second-order valence-corrected chi connectivity index (χ2v) is 3.93. The number of methoxy groups -OCH3 is 1. The molecule has 1 aromatic carbocycles. The molecule has 1 rings (SSSR count). The first-order chi connectivity index (χ1) is 8.26. The number of nitrogens with zero attached hydrogens (tertiary/aromatic N) is 2. The third kappa shape index (κ3) is 3.39. The molecule has 0 heterocycles. The van der Waals surface area contributed by atoms with Crippen LogP contribution in [0.3, 0.4) is 0 Å². The van der Waals surface area contributed by atoms with Crippen LogP contribution in [0.1, 0.15) is 32.3 Å². The maximum atomic E-state index is 9.13. The third-order valence-electron chi connectivity index (χ3n) is 2.83. The number of ether oxygens (including phenoxy) is 1. The Balaban J connectivity index is 3.02. The Hall–Kier alpha value is -1.69. The van der Waals surface area contributed by atoms with Crippen LogP contribution < -0.4 is 9.64 Å². The molecule has 0 atom stereocenters. The molecular weight excluding hydrogens is 212 g/mol. The maximum absolute atomic E-state index is 9.13. The van der Waals surface area contributed by atoms with Crippen molar-refractivity contribution in [3.8, 4) is 11.8 Å². The first-order valence-corrected chi connectivity index (χ1v) is 6.09. The molecule has 0 spiro atoms. The number of unbranched alkanes of at least 4 members (excludes halogenated alkanes) is 1. The molecule has 0 bridgehead atoms. The van der Waals surface area contributed by atoms with Crippen molar-refractivity contribution in [2.24, 2.45) is 0 Å². The molecule has 17 heavy (non-hydrogen) atoms. The number of hydrogen-bond donors (Lipinski definition) is 0. The van der Waals surface area contributed by atoms with E-state index < -0.39 is 0 Å². The van der Waals surface area contributed by atoms with Gasteiger partial charge in [0, 0.05) is 19.2 Å². The van der Waals surface area contributed by atoms with Crippen molar-refractivity contribution < 1.29 is 4.74 Å². The van der Waals surface area contributed by atoms with Crippen LogP contribution >= 0.6 is 0 Å². The van der Waals surface area contributed by atoms with Gasteiger partial charge in [-0.05, 0) is 25.5 Å². The van der Waals surface area contributed by atoms with Gasteiger partial charge >= 0.3 is 0 Å². The number of hydrogen-bond acceptors (Lipinski definition) is 3. The predicted octanol–water partition coefficient (Wildman–Crippen LogP) is 3.19. The molecule has 0 saturated carbocycles. The molecule has 0 aliphatic carbocycles. The van der Waals surface area contributed by atoms with Gasteiger partial charge in [-0.2, -0.15) is 5.26 Å². The van der Waals surface area contributed by atoms with Crippen molar-refractivity contribution in [3.63, 3.8) is 0 Å². The summed E-state index contributed by atoms with van der Waals surface area (Å²) in [7, 11) is 1.65. The van der Waals surface area contributed by atoms with Gasteiger partial charge in [-0.15, -0.1) is 0 Å². The fraction of sp³-hybridized carbons (Fsp3) is 0.500. The van der Waals surface area contributed by atoms with E-state index in [1.807, 2.05) is 18.2 Å². The first kappa shape index (κ1) is 13.4. The van der Waals surface area contributed by atoms with Gasteiger partial charge in [-0.25, -0.2) is 0 Å². The second-order valence-electron chi connectivity index (χ2n) is 3.93. The lowest BCUT2D eigenvalue weighted by molar-refractivity contribution is 0.414.